The van der Waals surface area contributed by atoms with Crippen LogP contribution < -0.4 is 10.6 Å². The Balaban J connectivity index is 0.00000320. The van der Waals surface area contributed by atoms with Gasteiger partial charge in [-0.1, -0.05) is 27.7 Å². The molecule has 0 atom stereocenters. The minimum atomic E-state index is -0.295. The van der Waals surface area contributed by atoms with E-state index < -0.39 is 0 Å². The lowest BCUT2D eigenvalue weighted by Crippen LogP contribution is -2.21. The Morgan fingerprint density at radius 2 is 1.94 bits per heavy atom. The van der Waals surface area contributed by atoms with Gasteiger partial charge in [-0.25, -0.2) is 9.97 Å². The van der Waals surface area contributed by atoms with Crippen LogP contribution in [-0.2, 0) is 0 Å². The van der Waals surface area contributed by atoms with E-state index in [-0.39, 0.29) is 18.9 Å². The maximum absolute atomic E-state index is 13.1. The van der Waals surface area contributed by atoms with Gasteiger partial charge < -0.3 is 15.1 Å². The number of pyridine rings is 1. The minimum absolute atomic E-state index is 0. The number of carbonyl (C=O) groups is 1. The number of oxazole rings is 1. The number of amides is 1. The normalized spacial score (nSPS) is 20.2. The second-order valence-corrected chi connectivity index (χ2v) is 11.1. The van der Waals surface area contributed by atoms with Crippen molar-refractivity contribution in [2.75, 3.05) is 17.2 Å². The van der Waals surface area contributed by atoms with Crippen LogP contribution in [0, 0.1) is 17.8 Å². The summed E-state index contributed by atoms with van der Waals surface area (Å²) < 4.78 is 7.73. The molecule has 3 heterocycles. The molecule has 36 heavy (non-hydrogen) atoms. The second kappa shape index (κ2) is 10.4. The van der Waals surface area contributed by atoms with Crippen LogP contribution in [0.5, 0.6) is 0 Å². The molecule has 2 aliphatic rings. The summed E-state index contributed by atoms with van der Waals surface area (Å²) in [5.74, 6) is 3.37. The van der Waals surface area contributed by atoms with Gasteiger partial charge in [0.1, 0.15) is 12.1 Å². The monoisotopic (exact) mass is 492 g/mol. The van der Waals surface area contributed by atoms with Crippen LogP contribution >= 0.6 is 0 Å². The topological polar surface area (TPSA) is 97.9 Å². The van der Waals surface area contributed by atoms with Crippen molar-refractivity contribution in [3.63, 3.8) is 0 Å². The zero-order chi connectivity index (χ0) is 25.2. The molecule has 0 radical (unpaired) electrons. The van der Waals surface area contributed by atoms with Crippen molar-refractivity contribution >= 4 is 17.4 Å². The molecular formula is C28H40N6O2. The molecule has 8 nitrogen and oxygen atoms in total. The summed E-state index contributed by atoms with van der Waals surface area (Å²) in [6, 6.07) is 4.13. The largest absolute Gasteiger partial charge is 0.444 e. The van der Waals surface area contributed by atoms with E-state index >= 15 is 0 Å². The molecule has 2 aliphatic carbocycles. The van der Waals surface area contributed by atoms with Gasteiger partial charge in [0.2, 0.25) is 5.89 Å². The SMILES string of the molecule is CC(C)c1nn(C2CCC(C(C)C)CC2)cc1NC(=O)c1coc(-c2ccnc(NCC3CC3)c2)n1.[HH]. The van der Waals surface area contributed by atoms with Crippen molar-refractivity contribution in [1.29, 1.82) is 0 Å². The average molecular weight is 493 g/mol. The van der Waals surface area contributed by atoms with Crippen LogP contribution in [0.3, 0.4) is 0 Å². The zero-order valence-electron chi connectivity index (χ0n) is 21.8. The Bertz CT molecular complexity index is 1190. The summed E-state index contributed by atoms with van der Waals surface area (Å²) >= 11 is 0. The van der Waals surface area contributed by atoms with Gasteiger partial charge in [0.25, 0.3) is 5.91 Å². The zero-order valence-corrected chi connectivity index (χ0v) is 21.8. The maximum Gasteiger partial charge on any atom is 0.277 e. The number of anilines is 2. The summed E-state index contributed by atoms with van der Waals surface area (Å²) in [4.78, 5) is 21.9. The number of aromatic nitrogens is 4. The Kier molecular flexibility index (Phi) is 7.12. The number of hydrogen-bond donors (Lipinski definition) is 2. The van der Waals surface area contributed by atoms with Gasteiger partial charge in [0.05, 0.1) is 17.4 Å². The summed E-state index contributed by atoms with van der Waals surface area (Å²) in [7, 11) is 0. The third-order valence-corrected chi connectivity index (χ3v) is 7.63. The fourth-order valence-electron chi connectivity index (χ4n) is 5.08. The van der Waals surface area contributed by atoms with Crippen molar-refractivity contribution in [2.24, 2.45) is 17.8 Å². The highest BCUT2D eigenvalue weighted by molar-refractivity contribution is 6.03. The van der Waals surface area contributed by atoms with Gasteiger partial charge >= 0.3 is 0 Å². The molecule has 0 spiro atoms. The molecule has 5 rings (SSSR count). The lowest BCUT2D eigenvalue weighted by molar-refractivity contribution is 0.102. The third-order valence-electron chi connectivity index (χ3n) is 7.63. The smallest absolute Gasteiger partial charge is 0.277 e. The minimum Gasteiger partial charge on any atom is -0.444 e. The molecule has 3 aromatic heterocycles. The number of nitrogens with zero attached hydrogens (tertiary/aromatic N) is 4. The van der Waals surface area contributed by atoms with Gasteiger partial charge in [0, 0.05) is 25.9 Å². The molecule has 8 heteroatoms. The van der Waals surface area contributed by atoms with Crippen molar-refractivity contribution < 1.29 is 10.6 Å². The third kappa shape index (κ3) is 5.63. The highest BCUT2D eigenvalue weighted by Gasteiger charge is 2.27. The van der Waals surface area contributed by atoms with E-state index in [1.54, 1.807) is 6.20 Å². The van der Waals surface area contributed by atoms with Crippen LogP contribution in [0.4, 0.5) is 11.5 Å². The fraction of sp³-hybridized carbons (Fsp3) is 0.571. The molecule has 3 aromatic rings. The summed E-state index contributed by atoms with van der Waals surface area (Å²) in [5, 5.41) is 11.3. The van der Waals surface area contributed by atoms with E-state index in [9.17, 15) is 4.79 Å². The van der Waals surface area contributed by atoms with Crippen LogP contribution in [0.1, 0.15) is 95.8 Å². The average Bonchev–Trinajstić information content (AvgIpc) is 3.39. The van der Waals surface area contributed by atoms with Crippen molar-refractivity contribution in [3.05, 3.63) is 42.2 Å². The predicted octanol–water partition coefficient (Wildman–Crippen LogP) is 6.76. The second-order valence-electron chi connectivity index (χ2n) is 11.1. The highest BCUT2D eigenvalue weighted by atomic mass is 16.3. The van der Waals surface area contributed by atoms with Gasteiger partial charge in [-0.3, -0.25) is 9.48 Å². The molecule has 194 valence electrons. The molecule has 2 saturated carbocycles. The summed E-state index contributed by atoms with van der Waals surface area (Å²) in [6.45, 7) is 9.77. The molecule has 1 amide bonds. The van der Waals surface area contributed by atoms with Crippen molar-refractivity contribution in [3.8, 4) is 11.5 Å². The predicted molar refractivity (Wildman–Crippen MR) is 143 cm³/mol. The Morgan fingerprint density at radius 3 is 2.64 bits per heavy atom. The highest BCUT2D eigenvalue weighted by Crippen LogP contribution is 2.37. The Hall–Kier alpha value is -3.16. The molecule has 2 N–H and O–H groups in total. The number of nitrogens with one attached hydrogen (secondary N) is 2. The Morgan fingerprint density at radius 1 is 1.17 bits per heavy atom. The number of carbonyl (C=O) groups excluding carboxylic acids is 1. The first-order valence-corrected chi connectivity index (χ1v) is 13.4. The maximum atomic E-state index is 13.1. The van der Waals surface area contributed by atoms with E-state index in [1.165, 1.54) is 31.9 Å². The molecular weight excluding hydrogens is 452 g/mol. The molecule has 0 aliphatic heterocycles. The van der Waals surface area contributed by atoms with E-state index in [4.69, 9.17) is 9.52 Å². The number of rotatable bonds is 9. The van der Waals surface area contributed by atoms with Crippen LogP contribution in [-0.4, -0.2) is 32.2 Å². The molecule has 2 fully saturated rings. The lowest BCUT2D eigenvalue weighted by atomic mass is 9.80. The molecule has 0 saturated heterocycles. The van der Waals surface area contributed by atoms with E-state index in [1.807, 2.05) is 18.3 Å². The standard InChI is InChI=1S/C28H38N6O2.H2/c1-17(2)20-7-9-22(10-8-20)34-15-23(26(33-34)18(3)4)31-27(35)24-16-36-28(32-24)21-11-12-29-25(13-21)30-14-19-5-6-19;/h11-13,15-20,22H,5-10,14H2,1-4H3,(H,29,30)(H,31,35);1H. The summed E-state index contributed by atoms with van der Waals surface area (Å²) in [6.07, 6.45) is 12.4. The van der Waals surface area contributed by atoms with E-state index in [0.29, 0.717) is 11.9 Å². The van der Waals surface area contributed by atoms with Crippen LogP contribution in [0.2, 0.25) is 0 Å². The summed E-state index contributed by atoms with van der Waals surface area (Å²) in [5.41, 5.74) is 2.68. The first-order chi connectivity index (χ1) is 17.4. The molecule has 0 unspecified atom stereocenters. The van der Waals surface area contributed by atoms with Crippen molar-refractivity contribution in [1.82, 2.24) is 19.7 Å². The van der Waals surface area contributed by atoms with Gasteiger partial charge in [0.15, 0.2) is 5.69 Å². The molecule has 0 bridgehead atoms. The number of hydrogen-bond acceptors (Lipinski definition) is 6. The fourth-order valence-corrected chi connectivity index (χ4v) is 5.08. The first-order valence-electron chi connectivity index (χ1n) is 13.4. The van der Waals surface area contributed by atoms with Gasteiger partial charge in [-0.05, 0) is 74.3 Å². The van der Waals surface area contributed by atoms with Crippen LogP contribution in [0.25, 0.3) is 11.5 Å². The first kappa shape index (κ1) is 24.5. The van der Waals surface area contributed by atoms with Crippen LogP contribution in [0.15, 0.2) is 35.2 Å². The quantitative estimate of drug-likeness (QED) is 0.342. The van der Waals surface area contributed by atoms with Gasteiger partial charge in [-0.2, -0.15) is 5.10 Å². The molecule has 0 aromatic carbocycles. The van der Waals surface area contributed by atoms with Crippen molar-refractivity contribution in [2.45, 2.75) is 78.2 Å². The van der Waals surface area contributed by atoms with E-state index in [2.05, 4.69) is 53.0 Å². The Labute approximate surface area is 214 Å². The van der Waals surface area contributed by atoms with Gasteiger partial charge in [-0.15, -0.1) is 0 Å². The van der Waals surface area contributed by atoms with E-state index in [0.717, 1.165) is 59.9 Å². The lowest BCUT2D eigenvalue weighted by Gasteiger charge is -2.30.